The summed E-state index contributed by atoms with van der Waals surface area (Å²) < 4.78 is 7.93. The smallest absolute Gasteiger partial charge is 0.130 e. The molecule has 2 aromatic carbocycles. The summed E-state index contributed by atoms with van der Waals surface area (Å²) in [7, 11) is 1.96. The average Bonchev–Trinajstić information content (AvgIpc) is 2.96. The molecule has 0 saturated carbocycles. The van der Waals surface area contributed by atoms with Crippen LogP contribution in [-0.2, 0) is 20.2 Å². The van der Waals surface area contributed by atoms with Crippen LogP contribution in [0.1, 0.15) is 29.4 Å². The normalized spacial score (nSPS) is 12.7. The number of nitrogens with zero attached hydrogens (tertiary/aromatic N) is 3. The van der Waals surface area contributed by atoms with Crippen molar-refractivity contribution in [3.63, 3.8) is 0 Å². The third-order valence-electron chi connectivity index (χ3n) is 5.15. The van der Waals surface area contributed by atoms with Crippen molar-refractivity contribution in [3.8, 4) is 16.9 Å². The molecule has 1 aliphatic heterocycles. The highest BCUT2D eigenvalue weighted by Crippen LogP contribution is 2.42. The van der Waals surface area contributed by atoms with Gasteiger partial charge in [0.25, 0.3) is 0 Å². The molecule has 4 heteroatoms. The minimum atomic E-state index is 0.531. The molecule has 0 N–H and O–H groups in total. The molecule has 1 aromatic heterocycles. The van der Waals surface area contributed by atoms with Gasteiger partial charge < -0.3 is 9.64 Å². The van der Waals surface area contributed by atoms with Gasteiger partial charge in [0, 0.05) is 31.4 Å². The van der Waals surface area contributed by atoms with Crippen LogP contribution in [0.4, 0.5) is 5.69 Å². The number of ether oxygens (including phenoxy) is 1. The maximum atomic E-state index is 6.05. The van der Waals surface area contributed by atoms with E-state index >= 15 is 0 Å². The van der Waals surface area contributed by atoms with Crippen LogP contribution in [0, 0.1) is 13.8 Å². The monoisotopic (exact) mass is 347 g/mol. The number of rotatable bonds is 4. The lowest BCUT2D eigenvalue weighted by Crippen LogP contribution is -2.26. The fourth-order valence-electron chi connectivity index (χ4n) is 3.86. The van der Waals surface area contributed by atoms with Gasteiger partial charge in [-0.2, -0.15) is 5.10 Å². The summed E-state index contributed by atoms with van der Waals surface area (Å²) in [5.41, 5.74) is 8.75. The van der Waals surface area contributed by atoms with Gasteiger partial charge in [-0.15, -0.1) is 0 Å². The molecule has 0 unspecified atom stereocenters. The van der Waals surface area contributed by atoms with Crippen LogP contribution in [0.2, 0.25) is 0 Å². The summed E-state index contributed by atoms with van der Waals surface area (Å²) in [6.07, 6.45) is 0. The molecule has 0 bridgehead atoms. The molecule has 0 spiro atoms. The maximum absolute atomic E-state index is 6.05. The van der Waals surface area contributed by atoms with E-state index in [2.05, 4.69) is 66.3 Å². The minimum absolute atomic E-state index is 0.531. The first kappa shape index (κ1) is 16.7. The number of hydrogen-bond acceptors (Lipinski definition) is 3. The van der Waals surface area contributed by atoms with Gasteiger partial charge in [0.15, 0.2) is 0 Å². The Hall–Kier alpha value is -2.75. The second-order valence-electron chi connectivity index (χ2n) is 6.99. The van der Waals surface area contributed by atoms with E-state index in [1.165, 1.54) is 27.9 Å². The van der Waals surface area contributed by atoms with Gasteiger partial charge in [0.2, 0.25) is 0 Å². The highest BCUT2D eigenvalue weighted by molar-refractivity contribution is 5.85. The zero-order valence-electron chi connectivity index (χ0n) is 15.9. The molecule has 0 saturated heterocycles. The lowest BCUT2D eigenvalue weighted by molar-refractivity contribution is 0.294. The number of hydrogen-bond donors (Lipinski definition) is 0. The summed E-state index contributed by atoms with van der Waals surface area (Å²) in [4.78, 5) is 2.45. The van der Waals surface area contributed by atoms with Gasteiger partial charge in [-0.25, -0.2) is 0 Å². The van der Waals surface area contributed by atoms with Crippen molar-refractivity contribution < 1.29 is 4.74 Å². The summed E-state index contributed by atoms with van der Waals surface area (Å²) in [6, 6.07) is 15.1. The molecule has 4 rings (SSSR count). The summed E-state index contributed by atoms with van der Waals surface area (Å²) in [5.74, 6) is 0.912. The fraction of sp³-hybridized carbons (Fsp3) is 0.318. The van der Waals surface area contributed by atoms with Crippen LogP contribution in [0.25, 0.3) is 11.1 Å². The standard InChI is InChI=1S/C22H25N3O/c1-5-25-13-17-12-19(26-14-18-11-16(3)23-24(18)4)9-10-20(17)21-8-6-7-15(2)22(21)25/h6-12H,5,13-14H2,1-4H3. The van der Waals surface area contributed by atoms with Crippen molar-refractivity contribution in [1.82, 2.24) is 9.78 Å². The predicted octanol–water partition coefficient (Wildman–Crippen LogP) is 4.62. The largest absolute Gasteiger partial charge is 0.487 e. The average molecular weight is 347 g/mol. The zero-order valence-corrected chi connectivity index (χ0v) is 15.9. The van der Waals surface area contributed by atoms with Gasteiger partial charge in [-0.05, 0) is 55.7 Å². The number of anilines is 1. The highest BCUT2D eigenvalue weighted by Gasteiger charge is 2.22. The van der Waals surface area contributed by atoms with Crippen molar-refractivity contribution in [2.75, 3.05) is 11.4 Å². The Kier molecular flexibility index (Phi) is 4.19. The van der Waals surface area contributed by atoms with Crippen molar-refractivity contribution in [3.05, 3.63) is 65.0 Å². The van der Waals surface area contributed by atoms with Crippen LogP contribution in [0.3, 0.4) is 0 Å². The van der Waals surface area contributed by atoms with Crippen LogP contribution in [0.15, 0.2) is 42.5 Å². The molecular formula is C22H25N3O. The Morgan fingerprint density at radius 2 is 1.92 bits per heavy atom. The molecule has 1 aliphatic rings. The second kappa shape index (κ2) is 6.52. The van der Waals surface area contributed by atoms with Crippen LogP contribution >= 0.6 is 0 Å². The van der Waals surface area contributed by atoms with Crippen LogP contribution in [-0.4, -0.2) is 16.3 Å². The lowest BCUT2D eigenvalue weighted by Gasteiger charge is -2.33. The molecule has 0 aliphatic carbocycles. The molecule has 0 atom stereocenters. The van der Waals surface area contributed by atoms with Gasteiger partial charge in [-0.3, -0.25) is 4.68 Å². The van der Waals surface area contributed by atoms with E-state index < -0.39 is 0 Å². The number of fused-ring (bicyclic) bond motifs is 3. The predicted molar refractivity (Wildman–Crippen MR) is 106 cm³/mol. The Morgan fingerprint density at radius 1 is 1.08 bits per heavy atom. The van der Waals surface area contributed by atoms with E-state index in [4.69, 9.17) is 4.74 Å². The fourth-order valence-corrected chi connectivity index (χ4v) is 3.86. The first-order chi connectivity index (χ1) is 12.6. The molecule has 3 aromatic rings. The quantitative estimate of drug-likeness (QED) is 0.690. The Bertz CT molecular complexity index is 958. The van der Waals surface area contributed by atoms with Crippen molar-refractivity contribution in [2.24, 2.45) is 7.05 Å². The van der Waals surface area contributed by atoms with E-state index in [0.29, 0.717) is 6.61 Å². The van der Waals surface area contributed by atoms with Crippen molar-refractivity contribution in [1.29, 1.82) is 0 Å². The number of aryl methyl sites for hydroxylation is 3. The molecule has 0 radical (unpaired) electrons. The third-order valence-corrected chi connectivity index (χ3v) is 5.15. The first-order valence-corrected chi connectivity index (χ1v) is 9.17. The van der Waals surface area contributed by atoms with E-state index in [1.54, 1.807) is 0 Å². The van der Waals surface area contributed by atoms with E-state index in [9.17, 15) is 0 Å². The van der Waals surface area contributed by atoms with E-state index in [-0.39, 0.29) is 0 Å². The second-order valence-corrected chi connectivity index (χ2v) is 6.99. The minimum Gasteiger partial charge on any atom is -0.487 e. The molecule has 2 heterocycles. The van der Waals surface area contributed by atoms with Gasteiger partial charge in [0.05, 0.1) is 11.4 Å². The number of para-hydroxylation sites is 1. The van der Waals surface area contributed by atoms with Crippen molar-refractivity contribution in [2.45, 2.75) is 33.9 Å². The summed E-state index contributed by atoms with van der Waals surface area (Å²) in [6.45, 7) is 8.86. The molecule has 0 fully saturated rings. The lowest BCUT2D eigenvalue weighted by atomic mass is 9.91. The Balaban J connectivity index is 1.64. The van der Waals surface area contributed by atoms with Gasteiger partial charge in [-0.1, -0.05) is 24.3 Å². The Labute approximate surface area is 155 Å². The highest BCUT2D eigenvalue weighted by atomic mass is 16.5. The molecule has 0 amide bonds. The maximum Gasteiger partial charge on any atom is 0.130 e. The summed E-state index contributed by atoms with van der Waals surface area (Å²) >= 11 is 0. The van der Waals surface area contributed by atoms with Crippen LogP contribution < -0.4 is 9.64 Å². The molecular weight excluding hydrogens is 322 g/mol. The third kappa shape index (κ3) is 2.85. The van der Waals surface area contributed by atoms with Gasteiger partial charge in [0.1, 0.15) is 12.4 Å². The SMILES string of the molecule is CCN1Cc2cc(OCc3cc(C)nn3C)ccc2-c2cccc(C)c21. The number of benzene rings is 2. The number of aromatic nitrogens is 2. The van der Waals surface area contributed by atoms with Crippen molar-refractivity contribution >= 4 is 5.69 Å². The molecule has 26 heavy (non-hydrogen) atoms. The first-order valence-electron chi connectivity index (χ1n) is 9.17. The van der Waals surface area contributed by atoms with E-state index in [0.717, 1.165) is 30.2 Å². The Morgan fingerprint density at radius 3 is 2.65 bits per heavy atom. The zero-order chi connectivity index (χ0) is 18.3. The topological polar surface area (TPSA) is 30.3 Å². The molecule has 4 nitrogen and oxygen atoms in total. The van der Waals surface area contributed by atoms with E-state index in [1.807, 2.05) is 18.7 Å². The van der Waals surface area contributed by atoms with Crippen LogP contribution in [0.5, 0.6) is 5.75 Å². The van der Waals surface area contributed by atoms with Gasteiger partial charge >= 0.3 is 0 Å². The molecule has 134 valence electrons. The summed E-state index contributed by atoms with van der Waals surface area (Å²) in [5, 5.41) is 4.38.